The fourth-order valence-electron chi connectivity index (χ4n) is 8.55. The molecule has 57 heavy (non-hydrogen) atoms. The van der Waals surface area contributed by atoms with Crippen molar-refractivity contribution in [1.82, 2.24) is 19.5 Å². The number of fused-ring (bicyclic) bond motifs is 9. The van der Waals surface area contributed by atoms with Crippen LogP contribution >= 0.6 is 0 Å². The van der Waals surface area contributed by atoms with E-state index in [-0.39, 0.29) is 0 Å². The van der Waals surface area contributed by atoms with Gasteiger partial charge in [-0.05, 0) is 65.7 Å². The quantitative estimate of drug-likeness (QED) is 0.176. The number of hydrogen-bond acceptors (Lipinski definition) is 5. The first-order chi connectivity index (χ1) is 28.3. The Morgan fingerprint density at radius 2 is 0.965 bits per heavy atom. The standard InChI is InChI=1S/C51H30N4O2/c1-3-14-31(15-4-1)49-52-50(54-51(53-49)39-23-11-21-36-35-18-8-10-26-43(35)57-48(36)39)38-22-13-27-45-47(38)40-30-32(28-29-44(40)56-45)34-20-12-25-42-46(34)37-19-7-9-24-41(37)55(42)33-16-5-2-6-17-33/h1-30H. The number of para-hydroxylation sites is 4. The molecule has 0 fully saturated rings. The Balaban J connectivity index is 1.09. The van der Waals surface area contributed by atoms with Gasteiger partial charge in [0.05, 0.1) is 16.6 Å². The average molecular weight is 731 g/mol. The van der Waals surface area contributed by atoms with Crippen molar-refractivity contribution in [2.45, 2.75) is 0 Å². The van der Waals surface area contributed by atoms with E-state index >= 15 is 0 Å². The highest BCUT2D eigenvalue weighted by Gasteiger charge is 2.22. The average Bonchev–Trinajstić information content (AvgIpc) is 3.96. The maximum absolute atomic E-state index is 6.56. The smallest absolute Gasteiger partial charge is 0.167 e. The maximum atomic E-state index is 6.56. The Morgan fingerprint density at radius 3 is 1.84 bits per heavy atom. The zero-order valence-corrected chi connectivity index (χ0v) is 30.4. The lowest BCUT2D eigenvalue weighted by atomic mass is 9.97. The third-order valence-corrected chi connectivity index (χ3v) is 11.1. The van der Waals surface area contributed by atoms with Crippen LogP contribution in [-0.2, 0) is 0 Å². The van der Waals surface area contributed by atoms with Crippen LogP contribution in [0.15, 0.2) is 191 Å². The van der Waals surface area contributed by atoms with Crippen LogP contribution in [0, 0.1) is 0 Å². The lowest BCUT2D eigenvalue weighted by molar-refractivity contribution is 0.668. The van der Waals surface area contributed by atoms with E-state index in [2.05, 4.69) is 114 Å². The molecule has 0 spiro atoms. The lowest BCUT2D eigenvalue weighted by Gasteiger charge is -2.10. The molecule has 6 heteroatoms. The van der Waals surface area contributed by atoms with Gasteiger partial charge in [0.1, 0.15) is 22.3 Å². The largest absolute Gasteiger partial charge is 0.456 e. The van der Waals surface area contributed by atoms with Gasteiger partial charge in [-0.3, -0.25) is 0 Å². The summed E-state index contributed by atoms with van der Waals surface area (Å²) in [5, 5.41) is 6.42. The summed E-state index contributed by atoms with van der Waals surface area (Å²) in [7, 11) is 0. The van der Waals surface area contributed by atoms with Gasteiger partial charge in [0.2, 0.25) is 0 Å². The van der Waals surface area contributed by atoms with Gasteiger partial charge in [0, 0.05) is 49.1 Å². The molecule has 0 amide bonds. The van der Waals surface area contributed by atoms with Gasteiger partial charge < -0.3 is 13.4 Å². The molecular weight excluding hydrogens is 701 g/mol. The monoisotopic (exact) mass is 730 g/mol. The Labute approximate surface area is 325 Å². The minimum absolute atomic E-state index is 0.537. The minimum atomic E-state index is 0.537. The van der Waals surface area contributed by atoms with Crippen molar-refractivity contribution in [3.05, 3.63) is 182 Å². The van der Waals surface area contributed by atoms with E-state index in [1.165, 1.54) is 16.3 Å². The van der Waals surface area contributed by atoms with Crippen molar-refractivity contribution in [1.29, 1.82) is 0 Å². The topological polar surface area (TPSA) is 69.9 Å². The fraction of sp³-hybridized carbons (Fsp3) is 0. The highest BCUT2D eigenvalue weighted by Crippen LogP contribution is 2.43. The molecule has 266 valence electrons. The van der Waals surface area contributed by atoms with E-state index in [1.54, 1.807) is 0 Å². The second-order valence-electron chi connectivity index (χ2n) is 14.3. The number of furan rings is 2. The van der Waals surface area contributed by atoms with Crippen LogP contribution < -0.4 is 0 Å². The summed E-state index contributed by atoms with van der Waals surface area (Å²) in [6, 6.07) is 62.7. The van der Waals surface area contributed by atoms with E-state index in [9.17, 15) is 0 Å². The number of aromatic nitrogens is 4. The van der Waals surface area contributed by atoms with Crippen LogP contribution in [-0.4, -0.2) is 19.5 Å². The molecule has 6 nitrogen and oxygen atoms in total. The van der Waals surface area contributed by atoms with Gasteiger partial charge in [-0.25, -0.2) is 15.0 Å². The number of benzene rings is 8. The first-order valence-corrected chi connectivity index (χ1v) is 19.0. The zero-order chi connectivity index (χ0) is 37.5. The molecule has 4 heterocycles. The van der Waals surface area contributed by atoms with E-state index in [1.807, 2.05) is 72.8 Å². The number of nitrogens with zero attached hydrogens (tertiary/aromatic N) is 4. The summed E-state index contributed by atoms with van der Waals surface area (Å²) in [6.07, 6.45) is 0. The Kier molecular flexibility index (Phi) is 6.83. The minimum Gasteiger partial charge on any atom is -0.456 e. The summed E-state index contributed by atoms with van der Waals surface area (Å²) in [5.74, 6) is 1.67. The Bertz CT molecular complexity index is 3530. The predicted molar refractivity (Wildman–Crippen MR) is 230 cm³/mol. The van der Waals surface area contributed by atoms with Crippen LogP contribution in [0.25, 0.3) is 117 Å². The van der Waals surface area contributed by atoms with Crippen molar-refractivity contribution >= 4 is 65.7 Å². The van der Waals surface area contributed by atoms with Crippen molar-refractivity contribution < 1.29 is 8.83 Å². The van der Waals surface area contributed by atoms with E-state index < -0.39 is 0 Å². The van der Waals surface area contributed by atoms with E-state index in [0.717, 1.165) is 82.9 Å². The molecule has 0 saturated heterocycles. The number of hydrogen-bond donors (Lipinski definition) is 0. The maximum Gasteiger partial charge on any atom is 0.167 e. The number of rotatable bonds is 5. The third-order valence-electron chi connectivity index (χ3n) is 11.1. The molecular formula is C51H30N4O2. The summed E-state index contributed by atoms with van der Waals surface area (Å²) < 4.78 is 15.4. The summed E-state index contributed by atoms with van der Waals surface area (Å²) in [4.78, 5) is 15.4. The van der Waals surface area contributed by atoms with Gasteiger partial charge >= 0.3 is 0 Å². The van der Waals surface area contributed by atoms with E-state index in [4.69, 9.17) is 23.8 Å². The molecule has 0 atom stereocenters. The summed E-state index contributed by atoms with van der Waals surface area (Å²) in [6.45, 7) is 0. The molecule has 0 bridgehead atoms. The molecule has 8 aromatic carbocycles. The van der Waals surface area contributed by atoms with E-state index in [0.29, 0.717) is 17.5 Å². The van der Waals surface area contributed by atoms with Crippen LogP contribution in [0.4, 0.5) is 0 Å². The van der Waals surface area contributed by atoms with Crippen molar-refractivity contribution in [2.24, 2.45) is 0 Å². The Morgan fingerprint density at radius 1 is 0.351 bits per heavy atom. The van der Waals surface area contributed by atoms with Gasteiger partial charge in [-0.2, -0.15) is 0 Å². The summed E-state index contributed by atoms with van der Waals surface area (Å²) in [5.41, 5.74) is 11.4. The third kappa shape index (κ3) is 4.87. The molecule has 0 saturated carbocycles. The van der Waals surface area contributed by atoms with Crippen molar-refractivity contribution in [3.8, 4) is 51.0 Å². The second-order valence-corrected chi connectivity index (χ2v) is 14.3. The van der Waals surface area contributed by atoms with Crippen LogP contribution in [0.3, 0.4) is 0 Å². The first kappa shape index (κ1) is 31.5. The molecule has 0 aliphatic carbocycles. The fourth-order valence-corrected chi connectivity index (χ4v) is 8.55. The molecule has 0 radical (unpaired) electrons. The van der Waals surface area contributed by atoms with Crippen molar-refractivity contribution in [2.75, 3.05) is 0 Å². The SMILES string of the molecule is c1ccc(-c2nc(-c3cccc4c3oc3ccccc34)nc(-c3cccc4oc5ccc(-c6cccc7c6c6ccccc6n7-c6ccccc6)cc5c34)n2)cc1. The molecule has 0 N–H and O–H groups in total. The molecule has 0 aliphatic rings. The van der Waals surface area contributed by atoms with Gasteiger partial charge in [0.25, 0.3) is 0 Å². The van der Waals surface area contributed by atoms with Crippen LogP contribution in [0.1, 0.15) is 0 Å². The highest BCUT2D eigenvalue weighted by molar-refractivity contribution is 6.18. The van der Waals surface area contributed by atoms with Crippen molar-refractivity contribution in [3.63, 3.8) is 0 Å². The zero-order valence-electron chi connectivity index (χ0n) is 30.4. The predicted octanol–water partition coefficient (Wildman–Crippen LogP) is 13.4. The Hall–Kier alpha value is -7.83. The highest BCUT2D eigenvalue weighted by atomic mass is 16.3. The second kappa shape index (κ2) is 12.3. The van der Waals surface area contributed by atoms with Gasteiger partial charge in [-0.1, -0.05) is 127 Å². The lowest BCUT2D eigenvalue weighted by Crippen LogP contribution is -2.00. The van der Waals surface area contributed by atoms with Gasteiger partial charge in [0.15, 0.2) is 17.5 Å². The molecule has 12 aromatic rings. The molecule has 0 aliphatic heterocycles. The normalized spacial score (nSPS) is 11.9. The first-order valence-electron chi connectivity index (χ1n) is 19.0. The molecule has 12 rings (SSSR count). The molecule has 4 aromatic heterocycles. The molecule has 0 unspecified atom stereocenters. The summed E-state index contributed by atoms with van der Waals surface area (Å²) >= 11 is 0. The van der Waals surface area contributed by atoms with Crippen LogP contribution in [0.5, 0.6) is 0 Å². The van der Waals surface area contributed by atoms with Crippen LogP contribution in [0.2, 0.25) is 0 Å². The van der Waals surface area contributed by atoms with Gasteiger partial charge in [-0.15, -0.1) is 0 Å².